The first-order valence-corrected chi connectivity index (χ1v) is 7.80. The van der Waals surface area contributed by atoms with Gasteiger partial charge in [0.15, 0.2) is 5.96 Å². The average Bonchev–Trinajstić information content (AvgIpc) is 2.94. The number of hydrogen-bond acceptors (Lipinski definition) is 3. The second-order valence-electron chi connectivity index (χ2n) is 4.29. The Balaban J connectivity index is 2.00. The van der Waals surface area contributed by atoms with Crippen molar-refractivity contribution in [3.8, 4) is 0 Å². The molecule has 4 nitrogen and oxygen atoms in total. The topological polar surface area (TPSA) is 47.9 Å². The summed E-state index contributed by atoms with van der Waals surface area (Å²) in [4.78, 5) is 7.98. The maximum absolute atomic E-state index is 9.58. The SMILES string of the molecule is CCNC(=NCc1cc(Br)cs1)N1CC[C@@H](O)C1. The van der Waals surface area contributed by atoms with E-state index in [4.69, 9.17) is 0 Å². The van der Waals surface area contributed by atoms with Crippen LogP contribution in [0.5, 0.6) is 0 Å². The molecule has 0 aromatic carbocycles. The largest absolute Gasteiger partial charge is 0.391 e. The maximum Gasteiger partial charge on any atom is 0.194 e. The lowest BCUT2D eigenvalue weighted by Gasteiger charge is -2.20. The molecular weight excluding hydrogens is 314 g/mol. The van der Waals surface area contributed by atoms with E-state index in [0.29, 0.717) is 13.1 Å². The summed E-state index contributed by atoms with van der Waals surface area (Å²) < 4.78 is 1.11. The molecule has 1 aromatic heterocycles. The highest BCUT2D eigenvalue weighted by Gasteiger charge is 2.22. The number of likely N-dealkylation sites (tertiary alicyclic amines) is 1. The van der Waals surface area contributed by atoms with E-state index in [0.717, 1.165) is 29.9 Å². The number of aliphatic imine (C=N–C) groups is 1. The lowest BCUT2D eigenvalue weighted by molar-refractivity contribution is 0.188. The van der Waals surface area contributed by atoms with Crippen molar-refractivity contribution in [2.45, 2.75) is 26.0 Å². The molecule has 1 aliphatic heterocycles. The Bertz CT molecular complexity index is 421. The van der Waals surface area contributed by atoms with E-state index in [9.17, 15) is 5.11 Å². The molecule has 0 aliphatic carbocycles. The van der Waals surface area contributed by atoms with Crippen LogP contribution >= 0.6 is 27.3 Å². The molecule has 2 N–H and O–H groups in total. The summed E-state index contributed by atoms with van der Waals surface area (Å²) in [5, 5.41) is 14.9. The monoisotopic (exact) mass is 331 g/mol. The van der Waals surface area contributed by atoms with Crippen molar-refractivity contribution in [2.75, 3.05) is 19.6 Å². The second-order valence-corrected chi connectivity index (χ2v) is 6.20. The summed E-state index contributed by atoms with van der Waals surface area (Å²) in [6.07, 6.45) is 0.611. The molecule has 0 bridgehead atoms. The summed E-state index contributed by atoms with van der Waals surface area (Å²) in [5.41, 5.74) is 0. The molecule has 0 radical (unpaired) electrons. The zero-order valence-corrected chi connectivity index (χ0v) is 12.8. The quantitative estimate of drug-likeness (QED) is 0.658. The van der Waals surface area contributed by atoms with E-state index < -0.39 is 0 Å². The molecule has 2 rings (SSSR count). The maximum atomic E-state index is 9.58. The molecule has 2 heterocycles. The number of thiophene rings is 1. The zero-order chi connectivity index (χ0) is 13.0. The van der Waals surface area contributed by atoms with Gasteiger partial charge in [-0.2, -0.15) is 0 Å². The van der Waals surface area contributed by atoms with Crippen LogP contribution in [-0.4, -0.2) is 41.7 Å². The number of aliphatic hydroxyl groups is 1. The van der Waals surface area contributed by atoms with Gasteiger partial charge in [-0.3, -0.25) is 0 Å². The van der Waals surface area contributed by atoms with E-state index in [1.165, 1.54) is 4.88 Å². The number of guanidine groups is 1. The van der Waals surface area contributed by atoms with E-state index in [-0.39, 0.29) is 6.10 Å². The molecule has 0 spiro atoms. The van der Waals surface area contributed by atoms with Crippen molar-refractivity contribution in [3.05, 3.63) is 20.8 Å². The fourth-order valence-electron chi connectivity index (χ4n) is 1.95. The van der Waals surface area contributed by atoms with Gasteiger partial charge in [0.1, 0.15) is 0 Å². The smallest absolute Gasteiger partial charge is 0.194 e. The third-order valence-electron chi connectivity index (χ3n) is 2.80. The van der Waals surface area contributed by atoms with Crippen molar-refractivity contribution >= 4 is 33.2 Å². The van der Waals surface area contributed by atoms with Gasteiger partial charge in [0.25, 0.3) is 0 Å². The first-order chi connectivity index (χ1) is 8.69. The number of β-amino-alcohol motifs (C(OH)–C–C–N with tert-alkyl or cyclic N) is 1. The average molecular weight is 332 g/mol. The van der Waals surface area contributed by atoms with Gasteiger partial charge in [-0.25, -0.2) is 4.99 Å². The van der Waals surface area contributed by atoms with Gasteiger partial charge in [-0.1, -0.05) is 0 Å². The Morgan fingerprint density at radius 3 is 3.11 bits per heavy atom. The summed E-state index contributed by atoms with van der Waals surface area (Å²) in [7, 11) is 0. The first kappa shape index (κ1) is 13.8. The minimum atomic E-state index is -0.218. The third kappa shape index (κ3) is 3.70. The molecule has 6 heteroatoms. The third-order valence-corrected chi connectivity index (χ3v) is 4.49. The lowest BCUT2D eigenvalue weighted by Crippen LogP contribution is -2.40. The second kappa shape index (κ2) is 6.54. The van der Waals surface area contributed by atoms with E-state index >= 15 is 0 Å². The van der Waals surface area contributed by atoms with Gasteiger partial charge < -0.3 is 15.3 Å². The van der Waals surface area contributed by atoms with Crippen LogP contribution in [0.1, 0.15) is 18.2 Å². The van der Waals surface area contributed by atoms with Crippen LogP contribution in [-0.2, 0) is 6.54 Å². The first-order valence-electron chi connectivity index (χ1n) is 6.13. The molecule has 18 heavy (non-hydrogen) atoms. The van der Waals surface area contributed by atoms with Gasteiger partial charge in [0.2, 0.25) is 0 Å². The number of nitrogens with zero attached hydrogens (tertiary/aromatic N) is 2. The van der Waals surface area contributed by atoms with Crippen LogP contribution < -0.4 is 5.32 Å². The lowest BCUT2D eigenvalue weighted by atomic mass is 10.3. The van der Waals surface area contributed by atoms with Gasteiger partial charge in [-0.15, -0.1) is 11.3 Å². The highest BCUT2D eigenvalue weighted by atomic mass is 79.9. The van der Waals surface area contributed by atoms with Gasteiger partial charge in [0.05, 0.1) is 12.6 Å². The Labute approximate surface area is 120 Å². The van der Waals surface area contributed by atoms with E-state index in [1.807, 2.05) is 0 Å². The van der Waals surface area contributed by atoms with Crippen LogP contribution in [0, 0.1) is 0 Å². The molecule has 1 saturated heterocycles. The minimum absolute atomic E-state index is 0.218. The molecule has 1 aliphatic rings. The van der Waals surface area contributed by atoms with E-state index in [2.05, 4.69) is 49.5 Å². The van der Waals surface area contributed by atoms with Crippen LogP contribution in [0.2, 0.25) is 0 Å². The number of hydrogen-bond donors (Lipinski definition) is 2. The van der Waals surface area contributed by atoms with Crippen molar-refractivity contribution < 1.29 is 5.11 Å². The number of halogens is 1. The van der Waals surface area contributed by atoms with Crippen molar-refractivity contribution in [2.24, 2.45) is 4.99 Å². The van der Waals surface area contributed by atoms with Gasteiger partial charge in [0, 0.05) is 34.4 Å². The van der Waals surface area contributed by atoms with Gasteiger partial charge >= 0.3 is 0 Å². The van der Waals surface area contributed by atoms with E-state index in [1.54, 1.807) is 11.3 Å². The molecular formula is C12H18BrN3OS. The van der Waals surface area contributed by atoms with Crippen molar-refractivity contribution in [1.29, 1.82) is 0 Å². The predicted octanol–water partition coefficient (Wildman–Crippen LogP) is 2.04. The Hall–Kier alpha value is -0.590. The number of nitrogens with one attached hydrogen (secondary N) is 1. The molecule has 1 fully saturated rings. The molecule has 1 aromatic rings. The summed E-state index contributed by atoms with van der Waals surface area (Å²) in [6, 6.07) is 2.09. The number of aliphatic hydroxyl groups excluding tert-OH is 1. The highest BCUT2D eigenvalue weighted by Crippen LogP contribution is 2.20. The summed E-state index contributed by atoms with van der Waals surface area (Å²) in [6.45, 7) is 5.15. The molecule has 0 amide bonds. The molecule has 1 atom stereocenters. The van der Waals surface area contributed by atoms with Crippen LogP contribution in [0.3, 0.4) is 0 Å². The Morgan fingerprint density at radius 2 is 2.56 bits per heavy atom. The summed E-state index contributed by atoms with van der Waals surface area (Å²) in [5.74, 6) is 0.901. The number of rotatable bonds is 3. The molecule has 0 unspecified atom stereocenters. The minimum Gasteiger partial charge on any atom is -0.391 e. The normalized spacial score (nSPS) is 20.5. The summed E-state index contributed by atoms with van der Waals surface area (Å²) >= 11 is 5.15. The Morgan fingerprint density at radius 1 is 1.72 bits per heavy atom. The predicted molar refractivity (Wildman–Crippen MR) is 79.0 cm³/mol. The van der Waals surface area contributed by atoms with Crippen LogP contribution in [0.25, 0.3) is 0 Å². The zero-order valence-electron chi connectivity index (χ0n) is 10.4. The highest BCUT2D eigenvalue weighted by molar-refractivity contribution is 9.10. The molecule has 100 valence electrons. The van der Waals surface area contributed by atoms with Crippen molar-refractivity contribution in [1.82, 2.24) is 10.2 Å². The van der Waals surface area contributed by atoms with Crippen LogP contribution in [0.4, 0.5) is 0 Å². The fourth-order valence-corrected chi connectivity index (χ4v) is 3.32. The Kier molecular flexibility index (Phi) is 5.03. The van der Waals surface area contributed by atoms with Crippen LogP contribution in [0.15, 0.2) is 20.9 Å². The fraction of sp³-hybridized carbons (Fsp3) is 0.583. The van der Waals surface area contributed by atoms with Crippen molar-refractivity contribution in [3.63, 3.8) is 0 Å². The van der Waals surface area contributed by atoms with Gasteiger partial charge in [-0.05, 0) is 35.3 Å². The molecule has 0 saturated carbocycles. The standard InChI is InChI=1S/C12H18BrN3OS/c1-2-14-12(16-4-3-10(17)7-16)15-6-11-5-9(13)8-18-11/h5,8,10,17H,2-4,6-7H2,1H3,(H,14,15)/t10-/m1/s1.